The molecule has 0 radical (unpaired) electrons. The molecule has 5 aliphatic rings. The first-order chi connectivity index (χ1) is 17.6. The lowest BCUT2D eigenvalue weighted by atomic mass is 9.40. The van der Waals surface area contributed by atoms with E-state index in [9.17, 15) is 15.2 Å². The van der Waals surface area contributed by atoms with E-state index < -0.39 is 11.8 Å². The number of rotatable bonds is 6. The van der Waals surface area contributed by atoms with Gasteiger partial charge in [-0.2, -0.15) is 15.5 Å². The third kappa shape index (κ3) is 3.33. The van der Waals surface area contributed by atoms with Gasteiger partial charge in [-0.1, -0.05) is 0 Å². The van der Waals surface area contributed by atoms with Gasteiger partial charge in [0, 0.05) is 11.6 Å². The second-order valence-electron chi connectivity index (χ2n) is 10.8. The number of hydrogen-bond acceptors (Lipinski definition) is 9. The van der Waals surface area contributed by atoms with Crippen molar-refractivity contribution in [3.05, 3.63) is 46.2 Å². The molecule has 10 heteroatoms. The van der Waals surface area contributed by atoms with E-state index in [-0.39, 0.29) is 47.5 Å². The molecule has 2 aromatic rings. The average Bonchev–Trinajstić information content (AvgIpc) is 3.26. The van der Waals surface area contributed by atoms with Crippen molar-refractivity contribution in [2.75, 3.05) is 18.5 Å². The number of nitrogens with zero attached hydrogens (tertiary/aromatic N) is 5. The number of aromatic nitrogens is 2. The molecule has 1 aromatic heterocycles. The quantitative estimate of drug-likeness (QED) is 0.573. The van der Waals surface area contributed by atoms with Crippen molar-refractivity contribution < 1.29 is 19.4 Å². The van der Waals surface area contributed by atoms with Crippen LogP contribution in [0.15, 0.2) is 18.2 Å². The number of aryl methyl sites for hydroxylation is 2. The largest absolute Gasteiger partial charge is 0.438 e. The number of aliphatic hydroxyl groups is 1. The standard InChI is InChI=1S/C27H26N6O4/c1-15-7-17(5-4-6-28)8-16(2)21(15)36-22-19-20(23(35)33-9-18(10-34)37-25(19,33)3)30-24(31-22)32-27-11-26(12-27,13-27)14-29/h4-5,7-8,18,34H,9-13H2,1-3H3,(H,30,31,32)/b5-4+/t18-,25?,26?,27?/m1/s1. The summed E-state index contributed by atoms with van der Waals surface area (Å²) >= 11 is 0. The first kappa shape index (κ1) is 23.4. The normalized spacial score (nSPS) is 30.7. The van der Waals surface area contributed by atoms with Gasteiger partial charge >= 0.3 is 0 Å². The van der Waals surface area contributed by atoms with Gasteiger partial charge in [-0.15, -0.1) is 0 Å². The van der Waals surface area contributed by atoms with Gasteiger partial charge in [0.2, 0.25) is 11.8 Å². The summed E-state index contributed by atoms with van der Waals surface area (Å²) < 4.78 is 12.6. The summed E-state index contributed by atoms with van der Waals surface area (Å²) in [6, 6.07) is 8.21. The minimum Gasteiger partial charge on any atom is -0.438 e. The third-order valence-electron chi connectivity index (χ3n) is 7.96. The summed E-state index contributed by atoms with van der Waals surface area (Å²) in [6.45, 7) is 5.59. The Balaban J connectivity index is 1.42. The fraction of sp³-hybridized carbons (Fsp3) is 0.444. The van der Waals surface area contributed by atoms with Crippen molar-refractivity contribution in [1.29, 1.82) is 10.5 Å². The molecule has 2 atom stereocenters. The zero-order valence-electron chi connectivity index (χ0n) is 20.8. The molecule has 3 heterocycles. The van der Waals surface area contributed by atoms with Crippen LogP contribution >= 0.6 is 0 Å². The van der Waals surface area contributed by atoms with E-state index in [4.69, 9.17) is 19.7 Å². The molecule has 2 bridgehead atoms. The molecule has 2 aliphatic heterocycles. The minimum atomic E-state index is -1.17. The van der Waals surface area contributed by atoms with Gasteiger partial charge in [-0.05, 0) is 74.9 Å². The Labute approximate surface area is 214 Å². The molecule has 1 unspecified atom stereocenters. The van der Waals surface area contributed by atoms with Gasteiger partial charge in [-0.3, -0.25) is 4.79 Å². The highest BCUT2D eigenvalue weighted by Crippen LogP contribution is 2.67. The molecule has 7 rings (SSSR count). The molecule has 3 saturated carbocycles. The molecule has 1 saturated heterocycles. The number of benzene rings is 1. The predicted molar refractivity (Wildman–Crippen MR) is 131 cm³/mol. The molecule has 188 valence electrons. The molecule has 1 aromatic carbocycles. The van der Waals surface area contributed by atoms with E-state index in [0.29, 0.717) is 11.3 Å². The zero-order valence-corrected chi connectivity index (χ0v) is 20.8. The van der Waals surface area contributed by atoms with Crippen molar-refractivity contribution in [1.82, 2.24) is 14.9 Å². The second kappa shape index (κ2) is 7.75. The van der Waals surface area contributed by atoms with Crippen molar-refractivity contribution in [2.45, 2.75) is 57.4 Å². The molecular formula is C27H26N6O4. The summed E-state index contributed by atoms with van der Waals surface area (Å²) in [5.74, 6) is 0.764. The Bertz CT molecular complexity index is 1430. The molecule has 4 fully saturated rings. The number of amides is 1. The van der Waals surface area contributed by atoms with Crippen LogP contribution in [0.2, 0.25) is 0 Å². The van der Waals surface area contributed by atoms with Gasteiger partial charge in [-0.25, -0.2) is 4.98 Å². The third-order valence-corrected chi connectivity index (χ3v) is 7.96. The fourth-order valence-corrected chi connectivity index (χ4v) is 6.39. The second-order valence-corrected chi connectivity index (χ2v) is 10.8. The average molecular weight is 499 g/mol. The Morgan fingerprint density at radius 3 is 2.59 bits per heavy atom. The topological polar surface area (TPSA) is 144 Å². The number of hydrogen-bond donors (Lipinski definition) is 2. The van der Waals surface area contributed by atoms with Crippen LogP contribution in [0.5, 0.6) is 11.6 Å². The number of fused-ring (bicyclic) bond motifs is 3. The van der Waals surface area contributed by atoms with E-state index in [1.54, 1.807) is 17.9 Å². The molecule has 3 aliphatic carbocycles. The van der Waals surface area contributed by atoms with Crippen LogP contribution in [0.3, 0.4) is 0 Å². The van der Waals surface area contributed by atoms with Crippen molar-refractivity contribution >= 4 is 17.9 Å². The first-order valence-electron chi connectivity index (χ1n) is 12.2. The summed E-state index contributed by atoms with van der Waals surface area (Å²) in [4.78, 5) is 24.3. The van der Waals surface area contributed by atoms with Crippen molar-refractivity contribution in [3.8, 4) is 23.8 Å². The van der Waals surface area contributed by atoms with Gasteiger partial charge in [0.1, 0.15) is 17.5 Å². The van der Waals surface area contributed by atoms with Gasteiger partial charge < -0.3 is 24.8 Å². The molecule has 1 amide bonds. The minimum absolute atomic E-state index is 0.205. The maximum atomic E-state index is 13.5. The number of ether oxygens (including phenoxy) is 2. The molecular weight excluding hydrogens is 472 g/mol. The maximum Gasteiger partial charge on any atom is 0.275 e. The number of anilines is 1. The van der Waals surface area contributed by atoms with Crippen LogP contribution in [-0.2, 0) is 10.5 Å². The zero-order chi connectivity index (χ0) is 26.2. The van der Waals surface area contributed by atoms with E-state index in [2.05, 4.69) is 16.4 Å². The molecule has 10 nitrogen and oxygen atoms in total. The van der Waals surface area contributed by atoms with Gasteiger partial charge in [0.05, 0.1) is 36.3 Å². The van der Waals surface area contributed by atoms with Crippen LogP contribution in [0.4, 0.5) is 5.95 Å². The highest BCUT2D eigenvalue weighted by atomic mass is 16.6. The van der Waals surface area contributed by atoms with Crippen LogP contribution in [-0.4, -0.2) is 50.7 Å². The van der Waals surface area contributed by atoms with Gasteiger partial charge in [0.25, 0.3) is 5.91 Å². The van der Waals surface area contributed by atoms with E-state index >= 15 is 0 Å². The number of nitrogens with one attached hydrogen (secondary N) is 1. The summed E-state index contributed by atoms with van der Waals surface area (Å²) in [6.07, 6.45) is 4.80. The monoisotopic (exact) mass is 498 g/mol. The maximum absolute atomic E-state index is 13.5. The van der Waals surface area contributed by atoms with Crippen molar-refractivity contribution in [3.63, 3.8) is 0 Å². The Kier molecular flexibility index (Phi) is 4.91. The fourth-order valence-electron chi connectivity index (χ4n) is 6.39. The van der Waals surface area contributed by atoms with Crippen LogP contribution in [0.1, 0.15) is 58.9 Å². The van der Waals surface area contributed by atoms with Gasteiger partial charge in [0.15, 0.2) is 5.72 Å². The highest BCUT2D eigenvalue weighted by Gasteiger charge is 2.69. The highest BCUT2D eigenvalue weighted by molar-refractivity contribution is 5.99. The number of allylic oxidation sites excluding steroid dienone is 1. The van der Waals surface area contributed by atoms with Crippen LogP contribution < -0.4 is 10.1 Å². The lowest BCUT2D eigenvalue weighted by Gasteiger charge is -2.66. The smallest absolute Gasteiger partial charge is 0.275 e. The Morgan fingerprint density at radius 2 is 1.97 bits per heavy atom. The predicted octanol–water partition coefficient (Wildman–Crippen LogP) is 3.30. The molecule has 0 spiro atoms. The summed E-state index contributed by atoms with van der Waals surface area (Å²) in [5, 5.41) is 31.3. The first-order valence-corrected chi connectivity index (χ1v) is 12.2. The lowest BCUT2D eigenvalue weighted by molar-refractivity contribution is -0.0885. The van der Waals surface area contributed by atoms with Crippen LogP contribution in [0, 0.1) is 41.9 Å². The Hall–Kier alpha value is -3.99. The summed E-state index contributed by atoms with van der Waals surface area (Å²) in [5.41, 5.74) is 1.51. The number of carbonyl (C=O) groups excluding carboxylic acids is 1. The number of nitriles is 2. The molecule has 37 heavy (non-hydrogen) atoms. The SMILES string of the molecule is Cc1cc(/C=C/C#N)cc(C)c1Oc1nc(NC23CC(C#N)(C2)C3)nc2c1C1(C)O[C@@H](CO)CN1C2=O. The number of carbonyl (C=O) groups is 1. The summed E-state index contributed by atoms with van der Waals surface area (Å²) in [7, 11) is 0. The van der Waals surface area contributed by atoms with Crippen molar-refractivity contribution in [2.24, 2.45) is 5.41 Å². The van der Waals surface area contributed by atoms with E-state index in [0.717, 1.165) is 36.0 Å². The Morgan fingerprint density at radius 1 is 1.27 bits per heavy atom. The van der Waals surface area contributed by atoms with E-state index in [1.807, 2.05) is 32.0 Å². The number of aliphatic hydroxyl groups excluding tert-OH is 1. The molecule has 2 N–H and O–H groups in total. The lowest BCUT2D eigenvalue weighted by Crippen LogP contribution is -2.70. The van der Waals surface area contributed by atoms with Crippen LogP contribution in [0.25, 0.3) is 6.08 Å². The van der Waals surface area contributed by atoms with E-state index in [1.165, 1.54) is 6.08 Å².